The van der Waals surface area contributed by atoms with Gasteiger partial charge >= 0.3 is 6.18 Å². The second-order valence-corrected chi connectivity index (χ2v) is 7.34. The average Bonchev–Trinajstić information content (AvgIpc) is 3.23. The fourth-order valence-corrected chi connectivity index (χ4v) is 3.97. The lowest BCUT2D eigenvalue weighted by atomic mass is 9.91. The highest BCUT2D eigenvalue weighted by Crippen LogP contribution is 2.46. The Kier molecular flexibility index (Phi) is 4.90. The van der Waals surface area contributed by atoms with Crippen LogP contribution in [0.4, 0.5) is 23.2 Å². The Bertz CT molecular complexity index is 1080. The number of amides is 1. The number of carbonyl (C=O) groups is 1. The normalized spacial score (nSPS) is 18.5. The van der Waals surface area contributed by atoms with E-state index >= 15 is 0 Å². The quantitative estimate of drug-likeness (QED) is 0.502. The van der Waals surface area contributed by atoms with Crippen molar-refractivity contribution in [2.75, 3.05) is 11.9 Å². The third kappa shape index (κ3) is 3.76. The number of fused-ring (bicyclic) bond motifs is 2. The third-order valence-corrected chi connectivity index (χ3v) is 5.38. The minimum atomic E-state index is -4.46. The summed E-state index contributed by atoms with van der Waals surface area (Å²) in [5.41, 5.74) is 1.57. The van der Waals surface area contributed by atoms with Gasteiger partial charge in [-0.2, -0.15) is 13.2 Å². The fourth-order valence-electron chi connectivity index (χ4n) is 3.73. The number of halogens is 5. The molecule has 2 unspecified atom stereocenters. The molecule has 0 spiro atoms. The maximum atomic E-state index is 13.5. The van der Waals surface area contributed by atoms with Gasteiger partial charge in [-0.1, -0.05) is 23.7 Å². The Balaban J connectivity index is 1.47. The number of anilines is 1. The van der Waals surface area contributed by atoms with Gasteiger partial charge in [0.1, 0.15) is 17.6 Å². The highest BCUT2D eigenvalue weighted by atomic mass is 35.5. The van der Waals surface area contributed by atoms with Crippen LogP contribution in [0, 0.1) is 5.82 Å². The SMILES string of the molecule is O=C(NCCC1c2cccc(Cl)c2NC1C(F)(F)F)c1cc2cc(F)ccc2[nH]1. The van der Waals surface area contributed by atoms with Crippen LogP contribution in [0.15, 0.2) is 42.5 Å². The lowest BCUT2D eigenvalue weighted by Crippen LogP contribution is -2.38. The van der Waals surface area contributed by atoms with Crippen LogP contribution in [-0.2, 0) is 0 Å². The minimum absolute atomic E-state index is 0.0352. The van der Waals surface area contributed by atoms with Gasteiger partial charge in [-0.05, 0) is 42.3 Å². The number of alkyl halides is 3. The van der Waals surface area contributed by atoms with Crippen molar-refractivity contribution < 1.29 is 22.4 Å². The zero-order chi connectivity index (χ0) is 20.8. The van der Waals surface area contributed by atoms with E-state index in [-0.39, 0.29) is 29.4 Å². The molecule has 0 aliphatic carbocycles. The average molecular weight is 426 g/mol. The number of carbonyl (C=O) groups excluding carboxylic acids is 1. The van der Waals surface area contributed by atoms with Gasteiger partial charge in [0.05, 0.1) is 10.7 Å². The first-order chi connectivity index (χ1) is 13.7. The lowest BCUT2D eigenvalue weighted by molar-refractivity contribution is -0.146. The minimum Gasteiger partial charge on any atom is -0.372 e. The van der Waals surface area contributed by atoms with Crippen LogP contribution in [0.25, 0.3) is 10.9 Å². The first-order valence-electron chi connectivity index (χ1n) is 8.92. The molecule has 1 aliphatic heterocycles. The Morgan fingerprint density at radius 2 is 1.97 bits per heavy atom. The molecule has 4 rings (SSSR count). The van der Waals surface area contributed by atoms with Crippen molar-refractivity contribution in [2.45, 2.75) is 24.6 Å². The van der Waals surface area contributed by atoms with E-state index in [1.807, 2.05) is 0 Å². The van der Waals surface area contributed by atoms with Crippen molar-refractivity contribution in [3.05, 3.63) is 64.6 Å². The molecule has 2 heterocycles. The van der Waals surface area contributed by atoms with Crippen molar-refractivity contribution in [3.8, 4) is 0 Å². The Hall–Kier alpha value is -2.74. The number of benzene rings is 2. The molecule has 0 saturated carbocycles. The Labute approximate surface area is 168 Å². The number of aromatic amines is 1. The number of nitrogens with one attached hydrogen (secondary N) is 3. The largest absolute Gasteiger partial charge is 0.409 e. The molecular weight excluding hydrogens is 410 g/mol. The Morgan fingerprint density at radius 1 is 1.17 bits per heavy atom. The maximum absolute atomic E-state index is 13.5. The number of hydrogen-bond donors (Lipinski definition) is 3. The van der Waals surface area contributed by atoms with Crippen molar-refractivity contribution in [1.82, 2.24) is 10.3 Å². The van der Waals surface area contributed by atoms with Crippen LogP contribution < -0.4 is 10.6 Å². The van der Waals surface area contributed by atoms with Gasteiger partial charge in [0.25, 0.3) is 5.91 Å². The summed E-state index contributed by atoms with van der Waals surface area (Å²) in [6.45, 7) is 0.0352. The van der Waals surface area contributed by atoms with Gasteiger partial charge in [0.2, 0.25) is 0 Å². The van der Waals surface area contributed by atoms with E-state index in [0.29, 0.717) is 16.5 Å². The van der Waals surface area contributed by atoms with Crippen molar-refractivity contribution in [2.24, 2.45) is 0 Å². The second kappa shape index (κ2) is 7.26. The summed E-state index contributed by atoms with van der Waals surface area (Å²) >= 11 is 6.03. The molecule has 1 aliphatic rings. The van der Waals surface area contributed by atoms with Gasteiger partial charge in [0.15, 0.2) is 0 Å². The molecule has 2 aromatic carbocycles. The van der Waals surface area contributed by atoms with E-state index in [1.54, 1.807) is 12.1 Å². The lowest BCUT2D eigenvalue weighted by Gasteiger charge is -2.23. The highest BCUT2D eigenvalue weighted by molar-refractivity contribution is 6.33. The smallest absolute Gasteiger partial charge is 0.372 e. The molecule has 0 fully saturated rings. The molecule has 0 bridgehead atoms. The van der Waals surface area contributed by atoms with E-state index in [9.17, 15) is 22.4 Å². The molecule has 2 atom stereocenters. The molecule has 9 heteroatoms. The van der Waals surface area contributed by atoms with Gasteiger partial charge in [-0.15, -0.1) is 0 Å². The number of H-pyrrole nitrogens is 1. The molecule has 3 N–H and O–H groups in total. The van der Waals surface area contributed by atoms with Crippen molar-refractivity contribution in [3.63, 3.8) is 0 Å². The topological polar surface area (TPSA) is 56.9 Å². The molecule has 29 heavy (non-hydrogen) atoms. The van der Waals surface area contributed by atoms with Crippen LogP contribution in [0.1, 0.15) is 28.4 Å². The van der Waals surface area contributed by atoms with E-state index in [4.69, 9.17) is 11.6 Å². The third-order valence-electron chi connectivity index (χ3n) is 5.07. The molecule has 0 saturated heterocycles. The number of rotatable bonds is 4. The van der Waals surface area contributed by atoms with E-state index in [0.717, 1.165) is 0 Å². The van der Waals surface area contributed by atoms with E-state index in [2.05, 4.69) is 15.6 Å². The summed E-state index contributed by atoms with van der Waals surface area (Å²) in [6.07, 6.45) is -4.39. The maximum Gasteiger partial charge on any atom is 0.409 e. The van der Waals surface area contributed by atoms with Gasteiger partial charge < -0.3 is 15.6 Å². The summed E-state index contributed by atoms with van der Waals surface area (Å²) < 4.78 is 53.7. The van der Waals surface area contributed by atoms with Crippen molar-refractivity contribution in [1.29, 1.82) is 0 Å². The Morgan fingerprint density at radius 3 is 2.72 bits per heavy atom. The fraction of sp³-hybridized carbons (Fsp3) is 0.250. The molecular formula is C20H16ClF4N3O. The predicted octanol–water partition coefficient (Wildman–Crippen LogP) is 5.22. The van der Waals surface area contributed by atoms with Crippen LogP contribution in [-0.4, -0.2) is 29.7 Å². The molecule has 1 amide bonds. The predicted molar refractivity (Wildman–Crippen MR) is 103 cm³/mol. The summed E-state index contributed by atoms with van der Waals surface area (Å²) in [4.78, 5) is 15.2. The zero-order valence-electron chi connectivity index (χ0n) is 14.9. The van der Waals surface area contributed by atoms with Crippen molar-refractivity contribution >= 4 is 34.1 Å². The monoisotopic (exact) mass is 425 g/mol. The van der Waals surface area contributed by atoms with Gasteiger partial charge in [-0.3, -0.25) is 4.79 Å². The first kappa shape index (κ1) is 19.6. The number of aromatic nitrogens is 1. The van der Waals surface area contributed by atoms with E-state index < -0.39 is 29.9 Å². The second-order valence-electron chi connectivity index (χ2n) is 6.93. The number of para-hydroxylation sites is 1. The van der Waals surface area contributed by atoms with Crippen LogP contribution in [0.5, 0.6) is 0 Å². The van der Waals surface area contributed by atoms with E-state index in [1.165, 1.54) is 30.3 Å². The molecule has 1 aromatic heterocycles. The first-order valence-corrected chi connectivity index (χ1v) is 9.30. The molecule has 0 radical (unpaired) electrons. The summed E-state index contributed by atoms with van der Waals surface area (Å²) in [5, 5.41) is 5.87. The van der Waals surface area contributed by atoms with Crippen LogP contribution in [0.3, 0.4) is 0 Å². The van der Waals surface area contributed by atoms with Gasteiger partial charge in [-0.25, -0.2) is 4.39 Å². The number of hydrogen-bond acceptors (Lipinski definition) is 2. The highest BCUT2D eigenvalue weighted by Gasteiger charge is 2.49. The van der Waals surface area contributed by atoms with Crippen LogP contribution >= 0.6 is 11.6 Å². The summed E-state index contributed by atoms with van der Waals surface area (Å²) in [7, 11) is 0. The van der Waals surface area contributed by atoms with Crippen LogP contribution in [0.2, 0.25) is 5.02 Å². The zero-order valence-corrected chi connectivity index (χ0v) is 15.7. The summed E-state index contributed by atoms with van der Waals surface area (Å²) in [6, 6.07) is 8.55. The standard InChI is InChI=1S/C20H16ClF4N3O/c21-14-3-1-2-12-13(18(20(23,24)25)28-17(12)14)6-7-26-19(29)16-9-10-8-11(22)4-5-15(10)27-16/h1-5,8-9,13,18,27-28H,6-7H2,(H,26,29). The molecule has 152 valence electrons. The molecule has 4 nitrogen and oxygen atoms in total. The molecule has 3 aromatic rings. The summed E-state index contributed by atoms with van der Waals surface area (Å²) in [5.74, 6) is -1.77. The van der Waals surface area contributed by atoms with Gasteiger partial charge in [0, 0.05) is 23.4 Å².